The van der Waals surface area contributed by atoms with Gasteiger partial charge in [0.05, 0.1) is 16.9 Å². The summed E-state index contributed by atoms with van der Waals surface area (Å²) >= 11 is 1.09. The van der Waals surface area contributed by atoms with Crippen molar-refractivity contribution in [3.8, 4) is 0 Å². The number of hydrogen-bond donors (Lipinski definition) is 0. The van der Waals surface area contributed by atoms with Gasteiger partial charge in [0.1, 0.15) is 0 Å². The number of nitrogens with zero attached hydrogens (tertiary/aromatic N) is 1. The number of thioether (sulfide) groups is 1. The number of benzene rings is 2. The highest BCUT2D eigenvalue weighted by Gasteiger charge is 2.40. The van der Waals surface area contributed by atoms with Gasteiger partial charge < -0.3 is 9.90 Å². The Morgan fingerprint density at radius 3 is 2.46 bits per heavy atom. The standard InChI is InChI=1S/C18H15NO4S/c1-11-6-8-12(9-7-11)19-16(20)10-15(17(19)21)24-14-5-3-2-4-13(14)18(22)23/h2-9,15H,10H2,1H3,(H,22,23)/p-1. The Balaban J connectivity index is 1.85. The highest BCUT2D eigenvalue weighted by Crippen LogP contribution is 2.35. The van der Waals surface area contributed by atoms with Crippen LogP contribution in [0.3, 0.4) is 0 Å². The first-order valence-electron chi connectivity index (χ1n) is 7.38. The maximum atomic E-state index is 12.6. The van der Waals surface area contributed by atoms with Gasteiger partial charge in [-0.3, -0.25) is 9.59 Å². The monoisotopic (exact) mass is 340 g/mol. The number of carboxylic acids is 1. The minimum Gasteiger partial charge on any atom is -0.545 e. The fraction of sp³-hybridized carbons (Fsp3) is 0.167. The van der Waals surface area contributed by atoms with Gasteiger partial charge in [-0.15, -0.1) is 11.8 Å². The van der Waals surface area contributed by atoms with E-state index in [2.05, 4.69) is 0 Å². The van der Waals surface area contributed by atoms with Gasteiger partial charge in [0.25, 0.3) is 0 Å². The Morgan fingerprint density at radius 1 is 1.12 bits per heavy atom. The minimum absolute atomic E-state index is 0.0246. The fourth-order valence-electron chi connectivity index (χ4n) is 2.55. The average molecular weight is 340 g/mol. The van der Waals surface area contributed by atoms with Crippen LogP contribution < -0.4 is 10.0 Å². The third kappa shape index (κ3) is 3.05. The first kappa shape index (κ1) is 16.3. The van der Waals surface area contributed by atoms with Gasteiger partial charge in [-0.25, -0.2) is 4.90 Å². The Morgan fingerprint density at radius 2 is 1.79 bits per heavy atom. The molecule has 0 saturated carbocycles. The predicted molar refractivity (Wildman–Crippen MR) is 88.7 cm³/mol. The second-order valence-electron chi connectivity index (χ2n) is 5.50. The molecular formula is C18H14NO4S-. The molecule has 1 aliphatic heterocycles. The number of imide groups is 1. The third-order valence-corrected chi connectivity index (χ3v) is 5.04. The SMILES string of the molecule is Cc1ccc(N2C(=O)CC(Sc3ccccc3C(=O)[O-])C2=O)cc1. The van der Waals surface area contributed by atoms with Crippen molar-refractivity contribution in [2.75, 3.05) is 4.90 Å². The number of carboxylic acid groups (broad SMARTS) is 1. The van der Waals surface area contributed by atoms with Crippen LogP contribution in [0.2, 0.25) is 0 Å². The number of rotatable bonds is 4. The summed E-state index contributed by atoms with van der Waals surface area (Å²) in [6, 6.07) is 13.5. The molecule has 5 nitrogen and oxygen atoms in total. The molecule has 1 heterocycles. The number of carbonyl (C=O) groups excluding carboxylic acids is 3. The maximum Gasteiger partial charge on any atom is 0.247 e. The van der Waals surface area contributed by atoms with Crippen molar-refractivity contribution in [1.29, 1.82) is 0 Å². The number of anilines is 1. The molecule has 2 aromatic rings. The largest absolute Gasteiger partial charge is 0.545 e. The number of amides is 2. The first-order chi connectivity index (χ1) is 11.5. The van der Waals surface area contributed by atoms with Gasteiger partial charge in [0.15, 0.2) is 0 Å². The normalized spacial score (nSPS) is 17.4. The molecule has 1 unspecified atom stereocenters. The van der Waals surface area contributed by atoms with E-state index in [4.69, 9.17) is 0 Å². The Hall–Kier alpha value is -2.60. The number of carbonyl (C=O) groups is 3. The molecule has 2 amide bonds. The van der Waals surface area contributed by atoms with Crippen LogP contribution in [0.1, 0.15) is 22.3 Å². The maximum absolute atomic E-state index is 12.6. The molecule has 0 spiro atoms. The molecule has 1 atom stereocenters. The highest BCUT2D eigenvalue weighted by atomic mass is 32.2. The van der Waals surface area contributed by atoms with Crippen molar-refractivity contribution in [3.63, 3.8) is 0 Å². The van der Waals surface area contributed by atoms with E-state index in [1.165, 1.54) is 11.0 Å². The molecule has 0 bridgehead atoms. The van der Waals surface area contributed by atoms with E-state index in [0.717, 1.165) is 17.3 Å². The van der Waals surface area contributed by atoms with Crippen molar-refractivity contribution in [1.82, 2.24) is 0 Å². The predicted octanol–water partition coefficient (Wildman–Crippen LogP) is 1.78. The van der Waals surface area contributed by atoms with Gasteiger partial charge in [0.2, 0.25) is 11.8 Å². The quantitative estimate of drug-likeness (QED) is 0.793. The van der Waals surface area contributed by atoms with E-state index in [1.807, 2.05) is 19.1 Å². The summed E-state index contributed by atoms with van der Waals surface area (Å²) in [4.78, 5) is 37.6. The van der Waals surface area contributed by atoms with E-state index in [9.17, 15) is 19.5 Å². The molecular weight excluding hydrogens is 326 g/mol. The van der Waals surface area contributed by atoms with Crippen molar-refractivity contribution in [2.45, 2.75) is 23.5 Å². The zero-order valence-electron chi connectivity index (χ0n) is 12.9. The van der Waals surface area contributed by atoms with Gasteiger partial charge in [0, 0.05) is 16.9 Å². The zero-order chi connectivity index (χ0) is 17.3. The molecule has 1 saturated heterocycles. The van der Waals surface area contributed by atoms with Crippen LogP contribution in [0, 0.1) is 6.92 Å². The van der Waals surface area contributed by atoms with E-state index < -0.39 is 11.2 Å². The van der Waals surface area contributed by atoms with Crippen LogP contribution in [0.5, 0.6) is 0 Å². The molecule has 2 aromatic carbocycles. The van der Waals surface area contributed by atoms with Gasteiger partial charge in [-0.05, 0) is 25.1 Å². The Bertz CT molecular complexity index is 816. The van der Waals surface area contributed by atoms with E-state index in [0.29, 0.717) is 10.6 Å². The molecule has 1 fully saturated rings. The van der Waals surface area contributed by atoms with Crippen LogP contribution in [-0.4, -0.2) is 23.0 Å². The molecule has 0 radical (unpaired) electrons. The molecule has 0 aromatic heterocycles. The lowest BCUT2D eigenvalue weighted by Crippen LogP contribution is -2.31. The highest BCUT2D eigenvalue weighted by molar-refractivity contribution is 8.00. The Labute approximate surface area is 143 Å². The summed E-state index contributed by atoms with van der Waals surface area (Å²) < 4.78 is 0. The number of hydrogen-bond acceptors (Lipinski definition) is 5. The number of aryl methyl sites for hydroxylation is 1. The van der Waals surface area contributed by atoms with Gasteiger partial charge in [-0.1, -0.05) is 35.9 Å². The first-order valence-corrected chi connectivity index (χ1v) is 8.26. The fourth-order valence-corrected chi connectivity index (χ4v) is 3.73. The molecule has 3 rings (SSSR count). The third-order valence-electron chi connectivity index (χ3n) is 3.77. The van der Waals surface area contributed by atoms with E-state index in [1.54, 1.807) is 30.3 Å². The van der Waals surface area contributed by atoms with Crippen LogP contribution in [0.15, 0.2) is 53.4 Å². The second-order valence-corrected chi connectivity index (χ2v) is 6.74. The number of aromatic carboxylic acids is 1. The van der Waals surface area contributed by atoms with Gasteiger partial charge >= 0.3 is 0 Å². The molecule has 0 aliphatic carbocycles. The molecule has 6 heteroatoms. The lowest BCUT2D eigenvalue weighted by molar-refractivity contribution is -0.255. The van der Waals surface area contributed by atoms with Crippen LogP contribution in [-0.2, 0) is 9.59 Å². The van der Waals surface area contributed by atoms with Crippen molar-refractivity contribution >= 4 is 35.2 Å². The van der Waals surface area contributed by atoms with E-state index >= 15 is 0 Å². The molecule has 24 heavy (non-hydrogen) atoms. The second kappa shape index (κ2) is 6.49. The van der Waals surface area contributed by atoms with Gasteiger partial charge in [-0.2, -0.15) is 0 Å². The molecule has 0 N–H and O–H groups in total. The van der Waals surface area contributed by atoms with Crippen molar-refractivity contribution in [3.05, 3.63) is 59.7 Å². The van der Waals surface area contributed by atoms with Crippen LogP contribution in [0.25, 0.3) is 0 Å². The summed E-state index contributed by atoms with van der Waals surface area (Å²) in [6.45, 7) is 1.92. The van der Waals surface area contributed by atoms with Crippen LogP contribution in [0.4, 0.5) is 5.69 Å². The lowest BCUT2D eigenvalue weighted by Gasteiger charge is -2.16. The topological polar surface area (TPSA) is 77.5 Å². The van der Waals surface area contributed by atoms with Crippen molar-refractivity contribution in [2.24, 2.45) is 0 Å². The lowest BCUT2D eigenvalue weighted by atomic mass is 10.2. The van der Waals surface area contributed by atoms with E-state index in [-0.39, 0.29) is 23.8 Å². The average Bonchev–Trinajstić information content (AvgIpc) is 2.83. The summed E-state index contributed by atoms with van der Waals surface area (Å²) in [5.74, 6) is -1.92. The molecule has 1 aliphatic rings. The summed E-state index contributed by atoms with van der Waals surface area (Å²) in [6.07, 6.45) is 0.0404. The minimum atomic E-state index is -1.30. The van der Waals surface area contributed by atoms with Crippen LogP contribution >= 0.6 is 11.8 Å². The summed E-state index contributed by atoms with van der Waals surface area (Å²) in [7, 11) is 0. The Kier molecular flexibility index (Phi) is 4.40. The molecule has 122 valence electrons. The summed E-state index contributed by atoms with van der Waals surface area (Å²) in [5, 5.41) is 10.5. The summed E-state index contributed by atoms with van der Waals surface area (Å²) in [5.41, 5.74) is 1.59. The smallest absolute Gasteiger partial charge is 0.247 e. The van der Waals surface area contributed by atoms with Crippen molar-refractivity contribution < 1.29 is 19.5 Å². The zero-order valence-corrected chi connectivity index (χ0v) is 13.7.